The highest BCUT2D eigenvalue weighted by Gasteiger charge is 2.20. The minimum Gasteiger partial charge on any atom is -0.392 e. The van der Waals surface area contributed by atoms with Gasteiger partial charge in [0.1, 0.15) is 6.07 Å². The van der Waals surface area contributed by atoms with Gasteiger partial charge in [-0.05, 0) is 61.4 Å². The molecule has 0 radical (unpaired) electrons. The lowest BCUT2D eigenvalue weighted by molar-refractivity contribution is 0.174. The van der Waals surface area contributed by atoms with Gasteiger partial charge in [0.25, 0.3) is 0 Å². The number of hydrogen-bond donors (Lipinski definition) is 3. The van der Waals surface area contributed by atoms with Crippen molar-refractivity contribution >= 4 is 34.4 Å². The summed E-state index contributed by atoms with van der Waals surface area (Å²) in [6.45, 7) is 4.36. The van der Waals surface area contributed by atoms with E-state index in [1.165, 1.54) is 0 Å². The fraction of sp³-hybridized carbons (Fsp3) is 0.222. The highest BCUT2D eigenvalue weighted by Crippen LogP contribution is 2.31. The predicted octanol–water partition coefficient (Wildman–Crippen LogP) is 4.62. The van der Waals surface area contributed by atoms with Crippen LogP contribution in [0.15, 0.2) is 55.0 Å². The highest BCUT2D eigenvalue weighted by molar-refractivity contribution is 5.90. The number of aliphatic hydroxyl groups is 1. The number of nitrogens with one attached hydrogen (secondary N) is 2. The molecule has 5 rings (SSSR count). The van der Waals surface area contributed by atoms with Crippen LogP contribution in [-0.2, 0) is 6.54 Å². The molecule has 1 saturated heterocycles. The first-order valence-electron chi connectivity index (χ1n) is 11.4. The molecule has 3 aromatic heterocycles. The Morgan fingerprint density at radius 3 is 2.97 bits per heavy atom. The van der Waals surface area contributed by atoms with Crippen LogP contribution in [0.1, 0.15) is 34.5 Å². The molecular formula is C27H26N6O. The largest absolute Gasteiger partial charge is 0.392 e. The lowest BCUT2D eigenvalue weighted by Crippen LogP contribution is -2.22. The zero-order valence-electron chi connectivity index (χ0n) is 19.0. The van der Waals surface area contributed by atoms with Gasteiger partial charge < -0.3 is 15.4 Å². The number of H-pyrrole nitrogens is 1. The van der Waals surface area contributed by atoms with Gasteiger partial charge in [-0.15, -0.1) is 0 Å². The Labute approximate surface area is 198 Å². The molecule has 1 aliphatic rings. The molecule has 0 saturated carbocycles. The molecule has 1 aromatic carbocycles. The van der Waals surface area contributed by atoms with Gasteiger partial charge in [-0.3, -0.25) is 14.9 Å². The second-order valence-corrected chi connectivity index (χ2v) is 8.63. The van der Waals surface area contributed by atoms with Gasteiger partial charge in [-0.25, -0.2) is 0 Å². The van der Waals surface area contributed by atoms with E-state index in [2.05, 4.69) is 39.2 Å². The van der Waals surface area contributed by atoms with Crippen molar-refractivity contribution in [3.63, 3.8) is 0 Å². The van der Waals surface area contributed by atoms with E-state index < -0.39 is 0 Å². The summed E-state index contributed by atoms with van der Waals surface area (Å²) in [6, 6.07) is 14.3. The van der Waals surface area contributed by atoms with Gasteiger partial charge >= 0.3 is 0 Å². The number of fused-ring (bicyclic) bond motifs is 1. The summed E-state index contributed by atoms with van der Waals surface area (Å²) >= 11 is 0. The Morgan fingerprint density at radius 2 is 2.15 bits per heavy atom. The van der Waals surface area contributed by atoms with Crippen LogP contribution in [0.2, 0.25) is 0 Å². The fourth-order valence-electron chi connectivity index (χ4n) is 4.42. The first-order chi connectivity index (χ1) is 16.6. The summed E-state index contributed by atoms with van der Waals surface area (Å²) < 4.78 is 0. The van der Waals surface area contributed by atoms with Gasteiger partial charge in [0, 0.05) is 60.4 Å². The number of hydrogen-bond acceptors (Lipinski definition) is 6. The van der Waals surface area contributed by atoms with Crippen LogP contribution in [0, 0.1) is 18.3 Å². The second-order valence-electron chi connectivity index (χ2n) is 8.63. The van der Waals surface area contributed by atoms with E-state index in [4.69, 9.17) is 4.98 Å². The summed E-state index contributed by atoms with van der Waals surface area (Å²) in [5.74, 6) is 0. The van der Waals surface area contributed by atoms with Crippen LogP contribution in [0.25, 0.3) is 23.1 Å². The molecule has 34 heavy (non-hydrogen) atoms. The number of rotatable bonds is 6. The average Bonchev–Trinajstić information content (AvgIpc) is 3.49. The molecule has 0 bridgehead atoms. The lowest BCUT2D eigenvalue weighted by Gasteiger charge is -2.15. The third kappa shape index (κ3) is 4.55. The Balaban J connectivity index is 1.42. The number of aromatic amines is 1. The van der Waals surface area contributed by atoms with Crippen molar-refractivity contribution in [1.29, 1.82) is 5.26 Å². The van der Waals surface area contributed by atoms with Crippen molar-refractivity contribution in [3.05, 3.63) is 83.1 Å². The topological polar surface area (TPSA) is 101 Å². The molecule has 0 amide bonds. The molecule has 7 nitrogen and oxygen atoms in total. The molecule has 1 unspecified atom stereocenters. The van der Waals surface area contributed by atoms with Crippen LogP contribution in [0.4, 0.5) is 11.4 Å². The third-order valence-corrected chi connectivity index (χ3v) is 6.25. The van der Waals surface area contributed by atoms with E-state index in [-0.39, 0.29) is 6.10 Å². The average molecular weight is 451 g/mol. The Bertz CT molecular complexity index is 1400. The number of anilines is 2. The summed E-state index contributed by atoms with van der Waals surface area (Å²) in [5, 5.41) is 24.1. The molecular weight excluding hydrogens is 424 g/mol. The number of aliphatic hydroxyl groups excluding tert-OH is 1. The Hall–Kier alpha value is -3.99. The van der Waals surface area contributed by atoms with Gasteiger partial charge in [-0.1, -0.05) is 6.07 Å². The van der Waals surface area contributed by atoms with Gasteiger partial charge in [-0.2, -0.15) is 5.26 Å². The number of pyridine rings is 2. The van der Waals surface area contributed by atoms with Gasteiger partial charge in [0.05, 0.1) is 28.7 Å². The monoisotopic (exact) mass is 450 g/mol. The summed E-state index contributed by atoms with van der Waals surface area (Å²) in [4.78, 5) is 14.5. The smallest absolute Gasteiger partial charge is 0.103 e. The highest BCUT2D eigenvalue weighted by atomic mass is 16.3. The van der Waals surface area contributed by atoms with Crippen molar-refractivity contribution in [2.45, 2.75) is 26.0 Å². The molecule has 0 spiro atoms. The summed E-state index contributed by atoms with van der Waals surface area (Å²) in [5.41, 5.74) is 6.92. The van der Waals surface area contributed by atoms with E-state index in [1.807, 2.05) is 48.7 Å². The van der Waals surface area contributed by atoms with Gasteiger partial charge in [0.15, 0.2) is 0 Å². The number of aryl methyl sites for hydroxylation is 1. The van der Waals surface area contributed by atoms with Crippen molar-refractivity contribution in [2.24, 2.45) is 0 Å². The number of aromatic nitrogens is 3. The molecule has 3 N–H and O–H groups in total. The molecule has 7 heteroatoms. The lowest BCUT2D eigenvalue weighted by atomic mass is 10.1. The maximum absolute atomic E-state index is 9.77. The molecule has 0 aliphatic carbocycles. The maximum atomic E-state index is 9.77. The number of nitriles is 1. The van der Waals surface area contributed by atoms with Crippen molar-refractivity contribution in [2.75, 3.05) is 18.4 Å². The first-order valence-corrected chi connectivity index (χ1v) is 11.4. The minimum atomic E-state index is -0.240. The minimum absolute atomic E-state index is 0.240. The van der Waals surface area contributed by atoms with E-state index in [0.717, 1.165) is 58.6 Å². The van der Waals surface area contributed by atoms with Gasteiger partial charge in [0.2, 0.25) is 0 Å². The van der Waals surface area contributed by atoms with E-state index in [9.17, 15) is 10.4 Å². The van der Waals surface area contributed by atoms with E-state index in [1.54, 1.807) is 12.4 Å². The van der Waals surface area contributed by atoms with Crippen LogP contribution in [-0.4, -0.2) is 44.2 Å². The van der Waals surface area contributed by atoms with Crippen molar-refractivity contribution in [1.82, 2.24) is 19.9 Å². The van der Waals surface area contributed by atoms with Crippen LogP contribution >= 0.6 is 0 Å². The number of benzene rings is 1. The summed E-state index contributed by atoms with van der Waals surface area (Å²) in [7, 11) is 0. The zero-order valence-corrected chi connectivity index (χ0v) is 19.0. The van der Waals surface area contributed by atoms with Crippen LogP contribution in [0.5, 0.6) is 0 Å². The summed E-state index contributed by atoms with van der Waals surface area (Å²) in [6.07, 6.45) is 9.70. The molecule has 4 heterocycles. The molecule has 170 valence electrons. The molecule has 4 aromatic rings. The Morgan fingerprint density at radius 1 is 1.24 bits per heavy atom. The number of likely N-dealkylation sites (tertiary alicyclic amines) is 1. The van der Waals surface area contributed by atoms with E-state index >= 15 is 0 Å². The zero-order chi connectivity index (χ0) is 23.5. The quantitative estimate of drug-likeness (QED) is 0.396. The normalized spacial score (nSPS) is 16.3. The predicted molar refractivity (Wildman–Crippen MR) is 134 cm³/mol. The first kappa shape index (κ1) is 21.8. The second kappa shape index (κ2) is 9.48. The van der Waals surface area contributed by atoms with Crippen LogP contribution in [0.3, 0.4) is 0 Å². The maximum Gasteiger partial charge on any atom is 0.103 e. The van der Waals surface area contributed by atoms with Crippen molar-refractivity contribution in [3.8, 4) is 6.07 Å². The van der Waals surface area contributed by atoms with E-state index in [0.29, 0.717) is 17.8 Å². The molecule has 1 aliphatic heterocycles. The van der Waals surface area contributed by atoms with Crippen LogP contribution < -0.4 is 5.32 Å². The fourth-order valence-corrected chi connectivity index (χ4v) is 4.42. The van der Waals surface area contributed by atoms with Crippen molar-refractivity contribution < 1.29 is 5.11 Å². The molecule has 1 atom stereocenters. The standard InChI is InChI=1S/C27H26N6O/c1-18-24-9-11-30-26(24)8-7-25(18)32-27-19(14-29-15-20(27)13-28)5-6-21-3-2-4-22(31-21)16-33-12-10-23(34)17-33/h2-9,11,14-15,23,30,34H,10,12,16-17H2,1H3,(H,29,32). The third-order valence-electron chi connectivity index (χ3n) is 6.25. The molecule has 1 fully saturated rings. The number of β-amino-alcohol motifs (C(OH)–C–C–N with tert-alkyl or cyclic N) is 1. The SMILES string of the molecule is Cc1c(Nc2c(C#N)cncc2C=Cc2cccc(CN3CCC(O)C3)n2)ccc2[nH]ccc12. The Kier molecular flexibility index (Phi) is 6.09. The number of nitrogens with zero attached hydrogens (tertiary/aromatic N) is 4.